The lowest BCUT2D eigenvalue weighted by atomic mass is 10.2. The minimum atomic E-state index is -0.0168. The lowest BCUT2D eigenvalue weighted by molar-refractivity contribution is -0.0482. The van der Waals surface area contributed by atoms with Crippen LogP contribution in [0.2, 0.25) is 0 Å². The van der Waals surface area contributed by atoms with E-state index in [2.05, 4.69) is 0 Å². The average molecular weight is 250 g/mol. The number of hydrogen-bond donors (Lipinski definition) is 0. The maximum absolute atomic E-state index is 10.5. The van der Waals surface area contributed by atoms with Crippen molar-refractivity contribution in [3.8, 4) is 5.75 Å². The van der Waals surface area contributed by atoms with Crippen LogP contribution in [0.5, 0.6) is 5.75 Å². The fourth-order valence-electron chi connectivity index (χ4n) is 1.82. The van der Waals surface area contributed by atoms with Gasteiger partial charge in [0.15, 0.2) is 6.29 Å². The number of rotatable bonds is 7. The normalized spacial score (nSPS) is 15.8. The predicted octanol–water partition coefficient (Wildman–Crippen LogP) is 2.42. The number of carbonyl (C=O) groups excluding carboxylic acids is 1. The largest absolute Gasteiger partial charge is 0.494 e. The quantitative estimate of drug-likeness (QED) is 0.550. The van der Waals surface area contributed by atoms with Gasteiger partial charge in [0.05, 0.1) is 19.8 Å². The molecule has 0 unspecified atom stereocenters. The third kappa shape index (κ3) is 4.13. The Kier molecular flexibility index (Phi) is 5.17. The first-order valence-electron chi connectivity index (χ1n) is 6.30. The van der Waals surface area contributed by atoms with Gasteiger partial charge in [-0.15, -0.1) is 0 Å². The minimum Gasteiger partial charge on any atom is -0.494 e. The number of carbonyl (C=O) groups is 1. The van der Waals surface area contributed by atoms with Gasteiger partial charge in [-0.1, -0.05) is 0 Å². The van der Waals surface area contributed by atoms with Gasteiger partial charge in [0.25, 0.3) is 0 Å². The van der Waals surface area contributed by atoms with Crippen LogP contribution in [0, 0.1) is 0 Å². The number of aldehydes is 1. The van der Waals surface area contributed by atoms with E-state index in [4.69, 9.17) is 14.2 Å². The first kappa shape index (κ1) is 13.1. The number of unbranched alkanes of at least 4 members (excludes halogenated alkanes) is 1. The molecule has 1 aromatic carbocycles. The van der Waals surface area contributed by atoms with E-state index in [9.17, 15) is 4.79 Å². The van der Waals surface area contributed by atoms with Gasteiger partial charge in [0.1, 0.15) is 12.0 Å². The van der Waals surface area contributed by atoms with Crippen molar-refractivity contribution >= 4 is 6.29 Å². The molecule has 1 aromatic rings. The van der Waals surface area contributed by atoms with Crippen LogP contribution in [0.25, 0.3) is 0 Å². The van der Waals surface area contributed by atoms with E-state index in [0.717, 1.165) is 31.3 Å². The summed E-state index contributed by atoms with van der Waals surface area (Å²) in [6, 6.07) is 7.13. The van der Waals surface area contributed by atoms with Crippen molar-refractivity contribution in [2.45, 2.75) is 25.6 Å². The van der Waals surface area contributed by atoms with Crippen molar-refractivity contribution in [1.82, 2.24) is 0 Å². The number of hydrogen-bond acceptors (Lipinski definition) is 4. The molecule has 1 aliphatic rings. The maximum atomic E-state index is 10.5. The molecule has 1 heterocycles. The third-order valence-corrected chi connectivity index (χ3v) is 2.81. The summed E-state index contributed by atoms with van der Waals surface area (Å²) in [6.45, 7) is 2.10. The van der Waals surface area contributed by atoms with Crippen molar-refractivity contribution in [2.24, 2.45) is 0 Å². The second kappa shape index (κ2) is 7.13. The van der Waals surface area contributed by atoms with Crippen LogP contribution >= 0.6 is 0 Å². The van der Waals surface area contributed by atoms with Gasteiger partial charge in [0.2, 0.25) is 0 Å². The molecule has 1 saturated heterocycles. The summed E-state index contributed by atoms with van der Waals surface area (Å²) in [5.41, 5.74) is 0.665. The van der Waals surface area contributed by atoms with E-state index in [1.165, 1.54) is 0 Å². The molecular formula is C14H18O4. The van der Waals surface area contributed by atoms with Crippen LogP contribution in [0.15, 0.2) is 24.3 Å². The highest BCUT2D eigenvalue weighted by molar-refractivity contribution is 5.74. The van der Waals surface area contributed by atoms with Crippen molar-refractivity contribution in [2.75, 3.05) is 19.8 Å². The smallest absolute Gasteiger partial charge is 0.157 e. The van der Waals surface area contributed by atoms with E-state index < -0.39 is 0 Å². The molecule has 4 heteroatoms. The molecule has 0 atom stereocenters. The van der Waals surface area contributed by atoms with Crippen LogP contribution in [-0.4, -0.2) is 32.4 Å². The van der Waals surface area contributed by atoms with Crippen LogP contribution in [0.4, 0.5) is 0 Å². The summed E-state index contributed by atoms with van der Waals surface area (Å²) in [5.74, 6) is 0.800. The highest BCUT2D eigenvalue weighted by Crippen LogP contribution is 2.14. The van der Waals surface area contributed by atoms with E-state index in [-0.39, 0.29) is 6.29 Å². The first-order valence-corrected chi connectivity index (χ1v) is 6.30. The molecule has 1 aliphatic heterocycles. The first-order chi connectivity index (χ1) is 8.88. The minimum absolute atomic E-state index is 0.0168. The third-order valence-electron chi connectivity index (χ3n) is 2.81. The van der Waals surface area contributed by atoms with Gasteiger partial charge in [-0.2, -0.15) is 0 Å². The van der Waals surface area contributed by atoms with Gasteiger partial charge < -0.3 is 14.2 Å². The summed E-state index contributed by atoms with van der Waals surface area (Å²) < 4.78 is 16.3. The zero-order valence-electron chi connectivity index (χ0n) is 10.3. The molecule has 0 radical (unpaired) electrons. The summed E-state index contributed by atoms with van der Waals surface area (Å²) in [7, 11) is 0. The highest BCUT2D eigenvalue weighted by atomic mass is 16.7. The van der Waals surface area contributed by atoms with Crippen molar-refractivity contribution in [3.05, 3.63) is 29.8 Å². The molecule has 0 aliphatic carbocycles. The number of benzene rings is 1. The summed E-state index contributed by atoms with van der Waals surface area (Å²) in [5, 5.41) is 0. The Morgan fingerprint density at radius 1 is 1.17 bits per heavy atom. The molecular weight excluding hydrogens is 232 g/mol. The SMILES string of the molecule is O=Cc1ccc(OCCCCC2OCCO2)cc1. The lowest BCUT2D eigenvalue weighted by Crippen LogP contribution is -2.08. The fraction of sp³-hybridized carbons (Fsp3) is 0.500. The van der Waals surface area contributed by atoms with E-state index in [1.807, 2.05) is 12.1 Å². The molecule has 0 amide bonds. The van der Waals surface area contributed by atoms with Crippen molar-refractivity contribution in [3.63, 3.8) is 0 Å². The van der Waals surface area contributed by atoms with Gasteiger partial charge in [-0.3, -0.25) is 4.79 Å². The Morgan fingerprint density at radius 3 is 2.56 bits per heavy atom. The van der Waals surface area contributed by atoms with Gasteiger partial charge in [-0.05, 0) is 43.5 Å². The van der Waals surface area contributed by atoms with E-state index in [1.54, 1.807) is 12.1 Å². The maximum Gasteiger partial charge on any atom is 0.157 e. The Morgan fingerprint density at radius 2 is 1.89 bits per heavy atom. The number of ether oxygens (including phenoxy) is 3. The molecule has 0 aromatic heterocycles. The molecule has 0 bridgehead atoms. The van der Waals surface area contributed by atoms with Gasteiger partial charge in [-0.25, -0.2) is 0 Å². The second-order valence-corrected chi connectivity index (χ2v) is 4.20. The summed E-state index contributed by atoms with van der Waals surface area (Å²) in [4.78, 5) is 10.5. The van der Waals surface area contributed by atoms with Crippen LogP contribution in [0.1, 0.15) is 29.6 Å². The van der Waals surface area contributed by atoms with E-state index >= 15 is 0 Å². The Bertz CT molecular complexity index is 355. The van der Waals surface area contributed by atoms with Crippen molar-refractivity contribution in [1.29, 1.82) is 0 Å². The Labute approximate surface area is 107 Å². The molecule has 0 spiro atoms. The molecule has 1 fully saturated rings. The molecule has 98 valence electrons. The second-order valence-electron chi connectivity index (χ2n) is 4.20. The molecule has 0 N–H and O–H groups in total. The topological polar surface area (TPSA) is 44.8 Å². The average Bonchev–Trinajstić information content (AvgIpc) is 2.92. The standard InChI is InChI=1S/C14H18O4/c15-11-12-4-6-13(7-5-12)16-8-2-1-3-14-17-9-10-18-14/h4-7,11,14H,1-3,8-10H2. The zero-order chi connectivity index (χ0) is 12.6. The van der Waals surface area contributed by atoms with Gasteiger partial charge >= 0.3 is 0 Å². The fourth-order valence-corrected chi connectivity index (χ4v) is 1.82. The van der Waals surface area contributed by atoms with Crippen molar-refractivity contribution < 1.29 is 19.0 Å². The van der Waals surface area contributed by atoms with Gasteiger partial charge in [0, 0.05) is 5.56 Å². The molecule has 2 rings (SSSR count). The molecule has 18 heavy (non-hydrogen) atoms. The summed E-state index contributed by atoms with van der Waals surface area (Å²) >= 11 is 0. The Hall–Kier alpha value is -1.39. The molecule has 0 saturated carbocycles. The van der Waals surface area contributed by atoms with Crippen LogP contribution in [-0.2, 0) is 9.47 Å². The predicted molar refractivity (Wildman–Crippen MR) is 66.9 cm³/mol. The highest BCUT2D eigenvalue weighted by Gasteiger charge is 2.14. The Balaban J connectivity index is 1.58. The monoisotopic (exact) mass is 250 g/mol. The summed E-state index contributed by atoms with van der Waals surface area (Å²) in [6.07, 6.45) is 3.73. The van der Waals surface area contributed by atoms with Crippen LogP contribution < -0.4 is 4.74 Å². The zero-order valence-corrected chi connectivity index (χ0v) is 10.3. The van der Waals surface area contributed by atoms with E-state index in [0.29, 0.717) is 25.4 Å². The lowest BCUT2D eigenvalue weighted by Gasteiger charge is -2.09. The molecule has 4 nitrogen and oxygen atoms in total. The van der Waals surface area contributed by atoms with Crippen LogP contribution in [0.3, 0.4) is 0 Å².